The molecule has 1 atom stereocenters. The van der Waals surface area contributed by atoms with E-state index in [9.17, 15) is 14.4 Å². The quantitative estimate of drug-likeness (QED) is 0.0262. The minimum atomic E-state index is -0.812. The monoisotopic (exact) mass is 917 g/mol. The molecule has 1 unspecified atom stereocenters. The Morgan fingerprint density at radius 2 is 0.652 bits per heavy atom. The zero-order chi connectivity index (χ0) is 47.9. The van der Waals surface area contributed by atoms with Gasteiger partial charge in [0.2, 0.25) is 0 Å². The van der Waals surface area contributed by atoms with Crippen LogP contribution in [0.15, 0.2) is 97.2 Å². The van der Waals surface area contributed by atoms with Crippen molar-refractivity contribution in [2.45, 2.75) is 252 Å². The third kappa shape index (κ3) is 51.3. The number of unbranched alkanes of at least 4 members (excludes halogenated alkanes) is 21. The molecule has 6 heteroatoms. The van der Waals surface area contributed by atoms with Crippen molar-refractivity contribution in [2.24, 2.45) is 0 Å². The summed E-state index contributed by atoms with van der Waals surface area (Å²) >= 11 is 0. The van der Waals surface area contributed by atoms with E-state index in [2.05, 4.69) is 112 Å². The maximum atomic E-state index is 12.8. The Hall–Kier alpha value is -3.67. The summed E-state index contributed by atoms with van der Waals surface area (Å²) in [5.41, 5.74) is 0. The van der Waals surface area contributed by atoms with E-state index in [1.165, 1.54) is 89.9 Å². The molecule has 0 aromatic carbocycles. The highest BCUT2D eigenvalue weighted by atomic mass is 16.6. The molecule has 0 aromatic heterocycles. The standard InChI is InChI=1S/C60H100O6/c1-4-7-10-13-16-19-22-25-27-29-30-31-33-35-38-41-44-47-50-53-59(62)65-56-57(55-64-58(61)52-49-46-43-40-37-34-24-21-18-15-12-9-6-3)66-60(63)54-51-48-45-42-39-36-32-28-26-23-20-17-14-11-8-5-2/h7,10,12,15-16,19,21,24-25,27,30-31,35,38,44,47,57H,4-6,8-9,11,13-14,17-18,20,22-23,26,28-29,32-34,36-37,39-43,45-46,48-56H2,1-3H3/b10-7-,15-12-,19-16-,24-21-,27-25-,31-30-,38-35-,47-44-. The van der Waals surface area contributed by atoms with E-state index in [4.69, 9.17) is 14.2 Å². The maximum absolute atomic E-state index is 12.8. The summed E-state index contributed by atoms with van der Waals surface area (Å²) in [6.45, 7) is 6.39. The van der Waals surface area contributed by atoms with Crippen LogP contribution in [0.1, 0.15) is 245 Å². The molecule has 0 aliphatic carbocycles. The predicted octanol–water partition coefficient (Wildman–Crippen LogP) is 18.1. The van der Waals surface area contributed by atoms with E-state index in [1.807, 2.05) is 6.08 Å². The molecule has 0 heterocycles. The molecule has 376 valence electrons. The molecule has 0 saturated heterocycles. The Bertz CT molecular complexity index is 1330. The van der Waals surface area contributed by atoms with Crippen molar-refractivity contribution in [1.82, 2.24) is 0 Å². The summed E-state index contributed by atoms with van der Waals surface area (Å²) in [5, 5.41) is 0. The minimum absolute atomic E-state index is 0.107. The van der Waals surface area contributed by atoms with Gasteiger partial charge in [0.15, 0.2) is 6.10 Å². The average molecular weight is 917 g/mol. The first kappa shape index (κ1) is 62.3. The smallest absolute Gasteiger partial charge is 0.306 e. The Kier molecular flexibility index (Phi) is 50.9. The zero-order valence-electron chi connectivity index (χ0n) is 42.9. The largest absolute Gasteiger partial charge is 0.462 e. The van der Waals surface area contributed by atoms with Crippen LogP contribution in [-0.4, -0.2) is 37.2 Å². The fourth-order valence-electron chi connectivity index (χ4n) is 7.27. The third-order valence-corrected chi connectivity index (χ3v) is 11.3. The molecule has 0 amide bonds. The molecule has 0 aliphatic rings. The van der Waals surface area contributed by atoms with E-state index in [1.54, 1.807) is 0 Å². The molecule has 0 aromatic rings. The van der Waals surface area contributed by atoms with Crippen molar-refractivity contribution in [3.63, 3.8) is 0 Å². The van der Waals surface area contributed by atoms with Crippen LogP contribution >= 0.6 is 0 Å². The molecule has 0 radical (unpaired) electrons. The number of allylic oxidation sites excluding steroid dienone is 16. The lowest BCUT2D eigenvalue weighted by Gasteiger charge is -2.18. The van der Waals surface area contributed by atoms with Gasteiger partial charge in [0, 0.05) is 19.3 Å². The van der Waals surface area contributed by atoms with Crippen LogP contribution < -0.4 is 0 Å². The normalized spacial score (nSPS) is 12.8. The van der Waals surface area contributed by atoms with Crippen molar-refractivity contribution in [3.05, 3.63) is 97.2 Å². The topological polar surface area (TPSA) is 78.9 Å². The molecule has 0 rings (SSSR count). The number of carbonyl (C=O) groups is 3. The van der Waals surface area contributed by atoms with Crippen molar-refractivity contribution >= 4 is 17.9 Å². The highest BCUT2D eigenvalue weighted by Gasteiger charge is 2.19. The van der Waals surface area contributed by atoms with Crippen molar-refractivity contribution in [1.29, 1.82) is 0 Å². The second-order valence-electron chi connectivity index (χ2n) is 17.8. The summed E-state index contributed by atoms with van der Waals surface area (Å²) in [6.07, 6.45) is 71.2. The van der Waals surface area contributed by atoms with Crippen LogP contribution in [0.25, 0.3) is 0 Å². The number of ether oxygens (including phenoxy) is 3. The lowest BCUT2D eigenvalue weighted by Crippen LogP contribution is -2.30. The summed E-state index contributed by atoms with van der Waals surface area (Å²) in [4.78, 5) is 38.0. The Balaban J connectivity index is 4.50. The fourth-order valence-corrected chi connectivity index (χ4v) is 7.27. The lowest BCUT2D eigenvalue weighted by molar-refractivity contribution is -0.166. The first-order valence-electron chi connectivity index (χ1n) is 27.2. The fraction of sp³-hybridized carbons (Fsp3) is 0.683. The molecule has 6 nitrogen and oxygen atoms in total. The van der Waals surface area contributed by atoms with Gasteiger partial charge >= 0.3 is 17.9 Å². The first-order chi connectivity index (χ1) is 32.5. The molecule has 0 fully saturated rings. The van der Waals surface area contributed by atoms with Gasteiger partial charge in [0.25, 0.3) is 0 Å². The van der Waals surface area contributed by atoms with E-state index in [0.717, 1.165) is 109 Å². The van der Waals surface area contributed by atoms with Crippen molar-refractivity contribution in [2.75, 3.05) is 13.2 Å². The van der Waals surface area contributed by atoms with Gasteiger partial charge in [0.1, 0.15) is 13.2 Å². The van der Waals surface area contributed by atoms with Crippen LogP contribution in [0, 0.1) is 0 Å². The lowest BCUT2D eigenvalue weighted by atomic mass is 10.0. The minimum Gasteiger partial charge on any atom is -0.462 e. The highest BCUT2D eigenvalue weighted by Crippen LogP contribution is 2.15. The van der Waals surface area contributed by atoms with Crippen LogP contribution in [-0.2, 0) is 28.6 Å². The van der Waals surface area contributed by atoms with Crippen molar-refractivity contribution in [3.8, 4) is 0 Å². The second kappa shape index (κ2) is 53.9. The first-order valence-corrected chi connectivity index (χ1v) is 27.2. The van der Waals surface area contributed by atoms with Gasteiger partial charge in [-0.3, -0.25) is 14.4 Å². The van der Waals surface area contributed by atoms with Crippen molar-refractivity contribution < 1.29 is 28.6 Å². The number of hydrogen-bond acceptors (Lipinski definition) is 6. The maximum Gasteiger partial charge on any atom is 0.306 e. The van der Waals surface area contributed by atoms with E-state index in [-0.39, 0.29) is 37.5 Å². The van der Waals surface area contributed by atoms with Crippen LogP contribution in [0.2, 0.25) is 0 Å². The van der Waals surface area contributed by atoms with Gasteiger partial charge in [-0.15, -0.1) is 0 Å². The third-order valence-electron chi connectivity index (χ3n) is 11.3. The predicted molar refractivity (Wildman–Crippen MR) is 284 cm³/mol. The van der Waals surface area contributed by atoms with Gasteiger partial charge in [-0.2, -0.15) is 0 Å². The van der Waals surface area contributed by atoms with Crippen LogP contribution in [0.3, 0.4) is 0 Å². The molecule has 0 N–H and O–H groups in total. The SMILES string of the molecule is CC/C=C\C/C=C\C/C=C\C/C=C\C/C=C\C/C=C\CCC(=O)OCC(COC(=O)CCCCCCC/C=C\C/C=C\CCC)OC(=O)CCCCCCCCCCCCCCCCCC. The number of esters is 3. The summed E-state index contributed by atoms with van der Waals surface area (Å²) in [5.74, 6) is -1.01. The number of hydrogen-bond donors (Lipinski definition) is 0. The van der Waals surface area contributed by atoms with Crippen LogP contribution in [0.4, 0.5) is 0 Å². The van der Waals surface area contributed by atoms with E-state index < -0.39 is 6.10 Å². The Morgan fingerprint density at radius 3 is 1.08 bits per heavy atom. The van der Waals surface area contributed by atoms with Gasteiger partial charge < -0.3 is 14.2 Å². The number of carbonyl (C=O) groups excluding carboxylic acids is 3. The van der Waals surface area contributed by atoms with Gasteiger partial charge in [-0.05, 0) is 83.5 Å². The second-order valence-corrected chi connectivity index (χ2v) is 17.8. The molecular weight excluding hydrogens is 817 g/mol. The van der Waals surface area contributed by atoms with Crippen LogP contribution in [0.5, 0.6) is 0 Å². The molecule has 0 bridgehead atoms. The summed E-state index contributed by atoms with van der Waals surface area (Å²) < 4.78 is 16.7. The molecule has 0 saturated carbocycles. The van der Waals surface area contributed by atoms with E-state index in [0.29, 0.717) is 19.3 Å². The molecular formula is C60H100O6. The molecule has 0 aliphatic heterocycles. The Morgan fingerprint density at radius 1 is 0.318 bits per heavy atom. The average Bonchev–Trinajstić information content (AvgIpc) is 3.31. The zero-order valence-corrected chi connectivity index (χ0v) is 42.9. The summed E-state index contributed by atoms with van der Waals surface area (Å²) in [6, 6.07) is 0. The Labute approximate surface area is 407 Å². The van der Waals surface area contributed by atoms with Gasteiger partial charge in [-0.1, -0.05) is 240 Å². The van der Waals surface area contributed by atoms with E-state index >= 15 is 0 Å². The summed E-state index contributed by atoms with van der Waals surface area (Å²) in [7, 11) is 0. The number of rotatable bonds is 48. The molecule has 0 spiro atoms. The van der Waals surface area contributed by atoms with Gasteiger partial charge in [0.05, 0.1) is 0 Å². The van der Waals surface area contributed by atoms with Gasteiger partial charge in [-0.25, -0.2) is 0 Å². The molecule has 66 heavy (non-hydrogen) atoms. The highest BCUT2D eigenvalue weighted by molar-refractivity contribution is 5.71.